The Morgan fingerprint density at radius 2 is 1.54 bits per heavy atom. The summed E-state index contributed by atoms with van der Waals surface area (Å²) in [6, 6.07) is 22.0. The summed E-state index contributed by atoms with van der Waals surface area (Å²) < 4.78 is 34.0. The highest BCUT2D eigenvalue weighted by atomic mass is 19.1. The van der Waals surface area contributed by atoms with Crippen molar-refractivity contribution >= 4 is 5.97 Å². The van der Waals surface area contributed by atoms with Crippen LogP contribution in [-0.4, -0.2) is 15.7 Å². The number of rotatable bonds is 4. The van der Waals surface area contributed by atoms with Gasteiger partial charge < -0.3 is 4.74 Å². The molecule has 4 nitrogen and oxygen atoms in total. The first kappa shape index (κ1) is 17.6. The second kappa shape index (κ2) is 7.44. The molecule has 0 radical (unpaired) electrons. The van der Waals surface area contributed by atoms with Gasteiger partial charge in [-0.05, 0) is 36.4 Å². The molecular formula is C22H14F2N2O2. The summed E-state index contributed by atoms with van der Waals surface area (Å²) in [6.45, 7) is 0. The fourth-order valence-corrected chi connectivity index (χ4v) is 2.73. The third-order valence-corrected chi connectivity index (χ3v) is 4.11. The van der Waals surface area contributed by atoms with E-state index in [1.165, 1.54) is 47.1 Å². The number of nitrogens with zero attached hydrogens (tertiary/aromatic N) is 2. The van der Waals surface area contributed by atoms with Gasteiger partial charge in [0.2, 0.25) is 5.88 Å². The van der Waals surface area contributed by atoms with Crippen molar-refractivity contribution in [3.05, 3.63) is 102 Å². The number of esters is 1. The van der Waals surface area contributed by atoms with E-state index in [9.17, 15) is 13.6 Å². The molecule has 1 heterocycles. The minimum atomic E-state index is -0.846. The fourth-order valence-electron chi connectivity index (χ4n) is 2.73. The van der Waals surface area contributed by atoms with Crippen LogP contribution in [0.15, 0.2) is 84.9 Å². The standard InChI is InChI=1S/C22H14F2N2O2/c23-16-10-12-17(13-11-16)26-21(14-20(25-26)15-6-2-1-3-7-15)28-22(27)18-8-4-5-9-19(18)24/h1-14H. The zero-order valence-electron chi connectivity index (χ0n) is 14.5. The number of carbonyl (C=O) groups excluding carboxylic acids is 1. The van der Waals surface area contributed by atoms with E-state index in [2.05, 4.69) is 5.10 Å². The molecule has 1 aromatic heterocycles. The third kappa shape index (κ3) is 3.53. The summed E-state index contributed by atoms with van der Waals surface area (Å²) in [4.78, 5) is 12.5. The monoisotopic (exact) mass is 376 g/mol. The summed E-state index contributed by atoms with van der Waals surface area (Å²) in [5.74, 6) is -1.83. The van der Waals surface area contributed by atoms with Crippen molar-refractivity contribution in [2.24, 2.45) is 0 Å². The number of halogens is 2. The second-order valence-corrected chi connectivity index (χ2v) is 5.99. The molecule has 0 saturated carbocycles. The van der Waals surface area contributed by atoms with E-state index in [1.807, 2.05) is 30.3 Å². The molecule has 0 aliphatic heterocycles. The molecule has 0 unspecified atom stereocenters. The molecule has 138 valence electrons. The lowest BCUT2D eigenvalue weighted by atomic mass is 10.2. The third-order valence-electron chi connectivity index (χ3n) is 4.11. The first-order valence-electron chi connectivity index (χ1n) is 8.50. The van der Waals surface area contributed by atoms with E-state index in [4.69, 9.17) is 4.74 Å². The minimum absolute atomic E-state index is 0.0960. The van der Waals surface area contributed by atoms with Gasteiger partial charge in [0.15, 0.2) is 0 Å². The van der Waals surface area contributed by atoms with Gasteiger partial charge >= 0.3 is 5.97 Å². The molecule has 0 spiro atoms. The normalized spacial score (nSPS) is 10.6. The average Bonchev–Trinajstić information content (AvgIpc) is 3.13. The predicted octanol–water partition coefficient (Wildman–Crippen LogP) is 5.04. The van der Waals surface area contributed by atoms with Gasteiger partial charge in [-0.25, -0.2) is 18.3 Å². The minimum Gasteiger partial charge on any atom is -0.404 e. The van der Waals surface area contributed by atoms with Crippen molar-refractivity contribution in [2.45, 2.75) is 0 Å². The van der Waals surface area contributed by atoms with Gasteiger partial charge in [0, 0.05) is 11.6 Å². The van der Waals surface area contributed by atoms with Crippen LogP contribution in [0.4, 0.5) is 8.78 Å². The molecule has 4 rings (SSSR count). The predicted molar refractivity (Wildman–Crippen MR) is 100 cm³/mol. The molecule has 6 heteroatoms. The second-order valence-electron chi connectivity index (χ2n) is 5.99. The zero-order chi connectivity index (χ0) is 19.5. The van der Waals surface area contributed by atoms with Crippen LogP contribution in [0.5, 0.6) is 5.88 Å². The Morgan fingerprint density at radius 3 is 2.25 bits per heavy atom. The van der Waals surface area contributed by atoms with E-state index >= 15 is 0 Å². The number of benzene rings is 3. The van der Waals surface area contributed by atoms with Crippen molar-refractivity contribution in [3.8, 4) is 22.8 Å². The topological polar surface area (TPSA) is 44.1 Å². The van der Waals surface area contributed by atoms with Crippen LogP contribution in [0.3, 0.4) is 0 Å². The van der Waals surface area contributed by atoms with Gasteiger partial charge in [0.25, 0.3) is 0 Å². The van der Waals surface area contributed by atoms with Crippen LogP contribution in [0, 0.1) is 11.6 Å². The molecule has 0 bridgehead atoms. The van der Waals surface area contributed by atoms with Gasteiger partial charge in [-0.3, -0.25) is 0 Å². The molecule has 28 heavy (non-hydrogen) atoms. The fraction of sp³-hybridized carbons (Fsp3) is 0. The van der Waals surface area contributed by atoms with Crippen LogP contribution in [0.25, 0.3) is 16.9 Å². The number of hydrogen-bond donors (Lipinski definition) is 0. The highest BCUT2D eigenvalue weighted by Gasteiger charge is 2.19. The van der Waals surface area contributed by atoms with Gasteiger partial charge in [0.05, 0.1) is 16.9 Å². The molecule has 0 aliphatic rings. The van der Waals surface area contributed by atoms with Gasteiger partial charge in [-0.1, -0.05) is 42.5 Å². The summed E-state index contributed by atoms with van der Waals surface area (Å²) in [5, 5.41) is 4.47. The smallest absolute Gasteiger partial charge is 0.347 e. The largest absolute Gasteiger partial charge is 0.404 e. The van der Waals surface area contributed by atoms with Crippen LogP contribution >= 0.6 is 0 Å². The van der Waals surface area contributed by atoms with Crippen LogP contribution in [0.1, 0.15) is 10.4 Å². The van der Waals surface area contributed by atoms with Crippen molar-refractivity contribution in [2.75, 3.05) is 0 Å². The van der Waals surface area contributed by atoms with Gasteiger partial charge in [-0.15, -0.1) is 0 Å². The van der Waals surface area contributed by atoms with E-state index in [0.717, 1.165) is 5.56 Å². The maximum atomic E-state index is 13.9. The van der Waals surface area contributed by atoms with E-state index in [-0.39, 0.29) is 11.4 Å². The molecule has 0 amide bonds. The first-order valence-corrected chi connectivity index (χ1v) is 8.50. The molecule has 0 aliphatic carbocycles. The first-order chi connectivity index (χ1) is 13.6. The summed E-state index contributed by atoms with van der Waals surface area (Å²) >= 11 is 0. The zero-order valence-corrected chi connectivity index (χ0v) is 14.5. The molecule has 0 saturated heterocycles. The summed E-state index contributed by atoms with van der Waals surface area (Å²) in [7, 11) is 0. The highest BCUT2D eigenvalue weighted by Crippen LogP contribution is 2.27. The van der Waals surface area contributed by atoms with E-state index < -0.39 is 17.6 Å². The lowest BCUT2D eigenvalue weighted by molar-refractivity contribution is 0.0718. The molecule has 0 N–H and O–H groups in total. The number of carbonyl (C=O) groups is 1. The van der Waals surface area contributed by atoms with Crippen LogP contribution in [-0.2, 0) is 0 Å². The lowest BCUT2D eigenvalue weighted by Gasteiger charge is -2.08. The Morgan fingerprint density at radius 1 is 0.857 bits per heavy atom. The molecule has 4 aromatic rings. The van der Waals surface area contributed by atoms with Crippen molar-refractivity contribution in [1.82, 2.24) is 9.78 Å². The quantitative estimate of drug-likeness (QED) is 0.469. The average molecular weight is 376 g/mol. The van der Waals surface area contributed by atoms with Gasteiger partial charge in [-0.2, -0.15) is 5.10 Å². The number of ether oxygens (including phenoxy) is 1. The molecular weight excluding hydrogens is 362 g/mol. The molecule has 3 aromatic carbocycles. The summed E-state index contributed by atoms with van der Waals surface area (Å²) in [5.41, 5.74) is 1.68. The maximum absolute atomic E-state index is 13.9. The molecule has 0 fully saturated rings. The maximum Gasteiger partial charge on any atom is 0.347 e. The van der Waals surface area contributed by atoms with Gasteiger partial charge in [0.1, 0.15) is 11.6 Å². The summed E-state index contributed by atoms with van der Waals surface area (Å²) in [6.07, 6.45) is 0. The van der Waals surface area contributed by atoms with E-state index in [1.54, 1.807) is 12.1 Å². The number of hydrogen-bond acceptors (Lipinski definition) is 3. The Kier molecular flexibility index (Phi) is 4.68. The Balaban J connectivity index is 1.76. The highest BCUT2D eigenvalue weighted by molar-refractivity contribution is 5.91. The van der Waals surface area contributed by atoms with Crippen molar-refractivity contribution < 1.29 is 18.3 Å². The van der Waals surface area contributed by atoms with Crippen LogP contribution < -0.4 is 4.74 Å². The van der Waals surface area contributed by atoms with Crippen molar-refractivity contribution in [1.29, 1.82) is 0 Å². The Bertz CT molecular complexity index is 1120. The van der Waals surface area contributed by atoms with Crippen molar-refractivity contribution in [3.63, 3.8) is 0 Å². The lowest BCUT2D eigenvalue weighted by Crippen LogP contribution is -2.13. The Hall–Kier alpha value is -3.80. The molecule has 0 atom stereocenters. The van der Waals surface area contributed by atoms with E-state index in [0.29, 0.717) is 11.4 Å². The number of aromatic nitrogens is 2. The Labute approximate surface area is 159 Å². The van der Waals surface area contributed by atoms with Crippen LogP contribution in [0.2, 0.25) is 0 Å². The SMILES string of the molecule is O=C(Oc1cc(-c2ccccc2)nn1-c1ccc(F)cc1)c1ccccc1F.